The van der Waals surface area contributed by atoms with Crippen molar-refractivity contribution in [1.82, 2.24) is 25.2 Å². The molecule has 3 saturated heterocycles. The van der Waals surface area contributed by atoms with Crippen molar-refractivity contribution >= 4 is 27.5 Å². The minimum absolute atomic E-state index is 0.00964. The predicted octanol–water partition coefficient (Wildman–Crippen LogP) is 4.77. The Kier molecular flexibility index (Phi) is 6.69. The van der Waals surface area contributed by atoms with Crippen LogP contribution in [0.1, 0.15) is 44.6 Å². The number of hydrogen-bond donors (Lipinski definition) is 2. The summed E-state index contributed by atoms with van der Waals surface area (Å²) >= 11 is 0. The lowest BCUT2D eigenvalue weighted by molar-refractivity contribution is 0.108. The molecule has 232 valence electrons. The summed E-state index contributed by atoms with van der Waals surface area (Å²) in [5.41, 5.74) is -0.124. The van der Waals surface area contributed by atoms with Gasteiger partial charge in [0.2, 0.25) is 5.88 Å². The summed E-state index contributed by atoms with van der Waals surface area (Å²) in [5.74, 6) is 1.56. The number of phenolic OH excluding ortho intramolecular Hbond substituents is 1. The Balaban J connectivity index is 1.34. The van der Waals surface area contributed by atoms with Gasteiger partial charge in [-0.3, -0.25) is 4.90 Å². The van der Waals surface area contributed by atoms with Gasteiger partial charge in [0.15, 0.2) is 5.82 Å². The molecule has 9 nitrogen and oxygen atoms in total. The number of hydrogen-bond acceptors (Lipinski definition) is 9. The molecule has 0 spiro atoms. The van der Waals surface area contributed by atoms with E-state index in [1.807, 2.05) is 0 Å². The number of pyridine rings is 1. The third-order valence-corrected chi connectivity index (χ3v) is 10.2. The molecule has 0 amide bonds. The Hall–Kier alpha value is -4.27. The first kappa shape index (κ1) is 28.2. The van der Waals surface area contributed by atoms with Crippen molar-refractivity contribution in [2.24, 2.45) is 0 Å². The maximum atomic E-state index is 17.0. The molecule has 0 unspecified atom stereocenters. The lowest BCUT2D eigenvalue weighted by Crippen LogP contribution is -2.60. The zero-order valence-corrected chi connectivity index (χ0v) is 25.1. The summed E-state index contributed by atoms with van der Waals surface area (Å²) < 4.78 is 44.6. The quantitative estimate of drug-likeness (QED) is 0.309. The Labute approximate surface area is 259 Å². The van der Waals surface area contributed by atoms with Gasteiger partial charge in [-0.05, 0) is 68.8 Å². The number of aromatic nitrogens is 3. The van der Waals surface area contributed by atoms with Gasteiger partial charge in [0.25, 0.3) is 0 Å². The van der Waals surface area contributed by atoms with Crippen molar-refractivity contribution in [3.8, 4) is 41.2 Å². The average Bonchev–Trinajstić information content (AvgIpc) is 3.59. The number of aromatic hydroxyl groups is 1. The zero-order chi connectivity index (χ0) is 30.9. The second kappa shape index (κ2) is 10.7. The first-order chi connectivity index (χ1) is 21.9. The van der Waals surface area contributed by atoms with Gasteiger partial charge in [0.05, 0.1) is 17.1 Å². The molecule has 6 heterocycles. The van der Waals surface area contributed by atoms with Crippen LogP contribution in [0.15, 0.2) is 24.3 Å². The van der Waals surface area contributed by atoms with Crippen LogP contribution in [0.2, 0.25) is 0 Å². The summed E-state index contributed by atoms with van der Waals surface area (Å²) in [5, 5.41) is 15.3. The molecular weight excluding hydrogens is 578 g/mol. The van der Waals surface area contributed by atoms with E-state index in [0.29, 0.717) is 29.7 Å². The third kappa shape index (κ3) is 4.37. The van der Waals surface area contributed by atoms with E-state index in [9.17, 15) is 9.50 Å². The number of halogens is 2. The van der Waals surface area contributed by atoms with Crippen LogP contribution in [-0.2, 0) is 0 Å². The maximum absolute atomic E-state index is 17.0. The average molecular weight is 613 g/mol. The summed E-state index contributed by atoms with van der Waals surface area (Å²) in [6.45, 7) is 6.29. The summed E-state index contributed by atoms with van der Waals surface area (Å²) in [6, 6.07) is 5.66. The normalized spacial score (nSPS) is 22.1. The van der Waals surface area contributed by atoms with Crippen LogP contribution in [0.4, 0.5) is 14.6 Å². The number of piperazine rings is 1. The van der Waals surface area contributed by atoms with E-state index in [4.69, 9.17) is 20.9 Å². The fourth-order valence-electron chi connectivity index (χ4n) is 8.01. The molecule has 3 fully saturated rings. The minimum atomic E-state index is -0.757. The van der Waals surface area contributed by atoms with Crippen LogP contribution < -0.4 is 19.7 Å². The number of fused-ring (bicyclic) bond motifs is 4. The Morgan fingerprint density at radius 2 is 1.96 bits per heavy atom. The third-order valence-electron chi connectivity index (χ3n) is 10.2. The van der Waals surface area contributed by atoms with Gasteiger partial charge < -0.3 is 24.8 Å². The van der Waals surface area contributed by atoms with Gasteiger partial charge in [-0.2, -0.15) is 9.97 Å². The summed E-state index contributed by atoms with van der Waals surface area (Å²) in [6.07, 6.45) is 10.9. The number of nitrogens with one attached hydrogen (secondary N) is 1. The number of nitrogens with zero attached hydrogens (tertiary/aromatic N) is 5. The molecule has 0 aliphatic carbocycles. The molecule has 8 rings (SSSR count). The number of rotatable bonds is 5. The highest BCUT2D eigenvalue weighted by atomic mass is 19.1. The molecule has 4 aliphatic rings. The Morgan fingerprint density at radius 3 is 2.73 bits per heavy atom. The lowest BCUT2D eigenvalue weighted by Gasteiger charge is -2.41. The highest BCUT2D eigenvalue weighted by molar-refractivity contribution is 6.04. The molecule has 0 radical (unpaired) electrons. The van der Waals surface area contributed by atoms with E-state index >= 15 is 4.39 Å². The van der Waals surface area contributed by atoms with E-state index in [0.717, 1.165) is 51.7 Å². The maximum Gasteiger partial charge on any atom is 0.319 e. The highest BCUT2D eigenvalue weighted by Crippen LogP contribution is 2.44. The highest BCUT2D eigenvalue weighted by Gasteiger charge is 2.45. The number of anilines is 1. The molecule has 2 aromatic heterocycles. The van der Waals surface area contributed by atoms with Crippen molar-refractivity contribution in [2.45, 2.75) is 56.7 Å². The van der Waals surface area contributed by atoms with Crippen LogP contribution in [0.3, 0.4) is 0 Å². The predicted molar refractivity (Wildman–Crippen MR) is 167 cm³/mol. The number of terminal acetylenes is 1. The van der Waals surface area contributed by atoms with Crippen LogP contribution in [-0.4, -0.2) is 82.0 Å². The van der Waals surface area contributed by atoms with Crippen molar-refractivity contribution in [2.75, 3.05) is 44.3 Å². The minimum Gasteiger partial charge on any atom is -0.508 e. The molecule has 2 aromatic carbocycles. The molecule has 45 heavy (non-hydrogen) atoms. The second-order valence-corrected chi connectivity index (χ2v) is 12.5. The standard InChI is InChI=1S/C34H34F2N6O3/c1-3-21-23(35)8-7-19-15-20(43)16-22(26(19)21)29-28(36)30-27-31(42-14-11-37-24(4-2)25(42)17-44-32(27)38-29)40-33(39-30)45-18-34-9-5-12-41(34)13-6-10-34/h1,7-8,15-16,24-25,37,43H,4-6,9-14,17-18H2,2H3/t24-,25+/m0/s1. The Bertz CT molecular complexity index is 1880. The van der Waals surface area contributed by atoms with Gasteiger partial charge in [-0.1, -0.05) is 18.9 Å². The topological polar surface area (TPSA) is 95.9 Å². The van der Waals surface area contributed by atoms with E-state index in [-0.39, 0.29) is 69.6 Å². The Morgan fingerprint density at radius 1 is 1.13 bits per heavy atom. The summed E-state index contributed by atoms with van der Waals surface area (Å²) in [7, 11) is 0. The molecule has 4 aromatic rings. The van der Waals surface area contributed by atoms with Crippen molar-refractivity contribution < 1.29 is 23.4 Å². The second-order valence-electron chi connectivity index (χ2n) is 12.5. The van der Waals surface area contributed by atoms with Crippen LogP contribution >= 0.6 is 0 Å². The van der Waals surface area contributed by atoms with Crippen molar-refractivity contribution in [3.63, 3.8) is 0 Å². The molecule has 2 atom stereocenters. The van der Waals surface area contributed by atoms with Gasteiger partial charge in [-0.15, -0.1) is 6.42 Å². The SMILES string of the molecule is C#Cc1c(F)ccc2cc(O)cc(-c3nc4c5c(nc(OCC67CCCN6CCC7)nc5c3F)N3CCN[C@@H](CC)[C@H]3CO4)c12. The smallest absolute Gasteiger partial charge is 0.319 e. The monoisotopic (exact) mass is 612 g/mol. The van der Waals surface area contributed by atoms with Gasteiger partial charge >= 0.3 is 6.01 Å². The van der Waals surface area contributed by atoms with Gasteiger partial charge in [0, 0.05) is 30.1 Å². The fraction of sp³-hybridized carbons (Fsp3) is 0.441. The van der Waals surface area contributed by atoms with Crippen LogP contribution in [0.5, 0.6) is 17.6 Å². The van der Waals surface area contributed by atoms with E-state index in [1.165, 1.54) is 24.3 Å². The van der Waals surface area contributed by atoms with Crippen LogP contribution in [0, 0.1) is 24.0 Å². The first-order valence-corrected chi connectivity index (χ1v) is 15.7. The zero-order valence-electron chi connectivity index (χ0n) is 25.1. The van der Waals surface area contributed by atoms with Crippen molar-refractivity contribution in [3.05, 3.63) is 41.5 Å². The summed E-state index contributed by atoms with van der Waals surface area (Å²) in [4.78, 5) is 18.9. The number of ether oxygens (including phenoxy) is 2. The van der Waals surface area contributed by atoms with Crippen LogP contribution in [0.25, 0.3) is 32.9 Å². The van der Waals surface area contributed by atoms with Gasteiger partial charge in [0.1, 0.15) is 47.2 Å². The number of phenols is 1. The molecule has 2 N–H and O–H groups in total. The largest absolute Gasteiger partial charge is 0.508 e. The van der Waals surface area contributed by atoms with Crippen molar-refractivity contribution in [1.29, 1.82) is 0 Å². The molecular formula is C34H34F2N6O3. The number of benzene rings is 2. The fourth-order valence-corrected chi connectivity index (χ4v) is 8.01. The van der Waals surface area contributed by atoms with E-state index in [2.05, 4.69) is 37.9 Å². The molecule has 0 bridgehead atoms. The molecule has 11 heteroatoms. The molecule has 4 aliphatic heterocycles. The lowest BCUT2D eigenvalue weighted by atomic mass is 9.95. The van der Waals surface area contributed by atoms with E-state index < -0.39 is 11.6 Å². The van der Waals surface area contributed by atoms with E-state index in [1.54, 1.807) is 0 Å². The molecule has 0 saturated carbocycles. The van der Waals surface area contributed by atoms with Gasteiger partial charge in [-0.25, -0.2) is 13.8 Å². The first-order valence-electron chi connectivity index (χ1n) is 15.7.